The summed E-state index contributed by atoms with van der Waals surface area (Å²) in [5.74, 6) is 0. The molecule has 0 saturated carbocycles. The summed E-state index contributed by atoms with van der Waals surface area (Å²) >= 11 is 11.8. The third kappa shape index (κ3) is 2.33. The first-order valence-corrected chi connectivity index (χ1v) is 7.08. The van der Waals surface area contributed by atoms with E-state index in [0.29, 0.717) is 4.91 Å². The predicted molar refractivity (Wildman–Crippen MR) is 65.5 cm³/mol. The molecule has 0 atom stereocenters. The Labute approximate surface area is 97.8 Å². The highest BCUT2D eigenvalue weighted by molar-refractivity contribution is 8.33. The van der Waals surface area contributed by atoms with Gasteiger partial charge in [0.1, 0.15) is 0 Å². The largest absolute Gasteiger partial charge is 0.275 e. The zero-order valence-corrected chi connectivity index (χ0v) is 10.2. The van der Waals surface area contributed by atoms with Gasteiger partial charge in [0.25, 0.3) is 5.24 Å². The summed E-state index contributed by atoms with van der Waals surface area (Å²) in [6.07, 6.45) is 0. The van der Waals surface area contributed by atoms with Crippen LogP contribution < -0.4 is 0 Å². The molecular formula is C7H3ClOS4. The molecule has 0 spiro atoms. The fraction of sp³-hybridized carbons (Fsp3) is 0. The van der Waals surface area contributed by atoms with Gasteiger partial charge in [-0.1, -0.05) is 47.0 Å². The molecule has 2 aliphatic heterocycles. The van der Waals surface area contributed by atoms with Crippen molar-refractivity contribution < 1.29 is 4.79 Å². The Bertz CT molecular complexity index is 334. The maximum absolute atomic E-state index is 10.8. The van der Waals surface area contributed by atoms with Crippen LogP contribution in [-0.2, 0) is 4.79 Å². The lowest BCUT2D eigenvalue weighted by molar-refractivity contribution is -0.107. The van der Waals surface area contributed by atoms with Crippen LogP contribution in [-0.4, -0.2) is 5.24 Å². The summed E-state index contributed by atoms with van der Waals surface area (Å²) in [5.41, 5.74) is 0. The summed E-state index contributed by atoms with van der Waals surface area (Å²) < 4.78 is 2.39. The third-order valence-electron chi connectivity index (χ3n) is 1.24. The van der Waals surface area contributed by atoms with Crippen molar-refractivity contribution >= 4 is 63.9 Å². The standard InChI is InChI=1S/C7H3ClOS4/c8-5(9)4-3-12-7(13-4)6-10-1-2-11-6/h1-3H. The fourth-order valence-electron chi connectivity index (χ4n) is 0.734. The first kappa shape index (κ1) is 10.1. The number of carbonyl (C=O) groups is 1. The Hall–Kier alpha value is 0.580. The van der Waals surface area contributed by atoms with Gasteiger partial charge in [0, 0.05) is 0 Å². The molecule has 0 N–H and O–H groups in total. The van der Waals surface area contributed by atoms with Crippen molar-refractivity contribution in [1.29, 1.82) is 0 Å². The Morgan fingerprint density at radius 3 is 2.38 bits per heavy atom. The van der Waals surface area contributed by atoms with Crippen molar-refractivity contribution in [2.75, 3.05) is 0 Å². The Kier molecular flexibility index (Phi) is 3.42. The van der Waals surface area contributed by atoms with Crippen molar-refractivity contribution in [2.45, 2.75) is 0 Å². The van der Waals surface area contributed by atoms with Gasteiger partial charge < -0.3 is 0 Å². The number of hydrogen-bond acceptors (Lipinski definition) is 5. The van der Waals surface area contributed by atoms with Crippen molar-refractivity contribution in [2.24, 2.45) is 0 Å². The fourth-order valence-corrected chi connectivity index (χ4v) is 5.25. The van der Waals surface area contributed by atoms with Crippen LogP contribution >= 0.6 is 58.6 Å². The molecule has 2 rings (SSSR count). The van der Waals surface area contributed by atoms with Crippen molar-refractivity contribution in [3.8, 4) is 0 Å². The van der Waals surface area contributed by atoms with Crippen molar-refractivity contribution in [1.82, 2.24) is 0 Å². The maximum atomic E-state index is 10.8. The summed E-state index contributed by atoms with van der Waals surface area (Å²) in [4.78, 5) is 11.4. The lowest BCUT2D eigenvalue weighted by atomic mass is 10.7. The van der Waals surface area contributed by atoms with Gasteiger partial charge in [0.05, 0.1) is 13.4 Å². The van der Waals surface area contributed by atoms with Gasteiger partial charge in [0.15, 0.2) is 0 Å². The summed E-state index contributed by atoms with van der Waals surface area (Å²) in [5, 5.41) is 5.51. The van der Waals surface area contributed by atoms with Crippen LogP contribution in [0.3, 0.4) is 0 Å². The molecule has 0 aliphatic carbocycles. The molecule has 0 aromatic carbocycles. The van der Waals surface area contributed by atoms with Gasteiger partial charge in [-0.2, -0.15) is 0 Å². The van der Waals surface area contributed by atoms with E-state index in [-0.39, 0.29) is 5.24 Å². The second kappa shape index (κ2) is 4.40. The van der Waals surface area contributed by atoms with E-state index >= 15 is 0 Å². The Morgan fingerprint density at radius 2 is 1.85 bits per heavy atom. The molecule has 13 heavy (non-hydrogen) atoms. The minimum Gasteiger partial charge on any atom is -0.275 e. The average Bonchev–Trinajstić information content (AvgIpc) is 2.75. The second-order valence-corrected chi connectivity index (χ2v) is 6.68. The highest BCUT2D eigenvalue weighted by Crippen LogP contribution is 2.53. The summed E-state index contributed by atoms with van der Waals surface area (Å²) in [7, 11) is 0. The van der Waals surface area contributed by atoms with E-state index in [2.05, 4.69) is 0 Å². The zero-order chi connectivity index (χ0) is 9.26. The Morgan fingerprint density at radius 1 is 1.15 bits per heavy atom. The first-order valence-electron chi connectivity index (χ1n) is 3.24. The third-order valence-corrected chi connectivity index (χ3v) is 6.58. The highest BCUT2D eigenvalue weighted by Gasteiger charge is 2.21. The van der Waals surface area contributed by atoms with Crippen LogP contribution in [0.15, 0.2) is 29.6 Å². The molecule has 6 heteroatoms. The van der Waals surface area contributed by atoms with E-state index in [9.17, 15) is 4.79 Å². The number of rotatable bonds is 1. The van der Waals surface area contributed by atoms with E-state index in [1.807, 2.05) is 16.2 Å². The molecule has 68 valence electrons. The molecule has 0 aromatic rings. The molecule has 0 saturated heterocycles. The number of carbonyl (C=O) groups excluding carboxylic acids is 1. The minimum atomic E-state index is -0.367. The highest BCUT2D eigenvalue weighted by atomic mass is 35.5. The molecular weight excluding hydrogens is 264 g/mol. The van der Waals surface area contributed by atoms with Crippen molar-refractivity contribution in [3.63, 3.8) is 0 Å². The molecule has 0 aromatic heterocycles. The van der Waals surface area contributed by atoms with Gasteiger partial charge >= 0.3 is 0 Å². The number of allylic oxidation sites excluding steroid dienone is 1. The van der Waals surface area contributed by atoms with Crippen LogP contribution in [0.5, 0.6) is 0 Å². The van der Waals surface area contributed by atoms with E-state index < -0.39 is 0 Å². The zero-order valence-electron chi connectivity index (χ0n) is 6.15. The van der Waals surface area contributed by atoms with Crippen LogP contribution in [0.4, 0.5) is 0 Å². The van der Waals surface area contributed by atoms with Gasteiger partial charge in [-0.15, -0.1) is 0 Å². The molecule has 1 nitrogen and oxygen atoms in total. The smallest absolute Gasteiger partial charge is 0.259 e. The molecule has 0 amide bonds. The molecule has 2 aliphatic rings. The molecule has 0 radical (unpaired) electrons. The molecule has 0 unspecified atom stereocenters. The van der Waals surface area contributed by atoms with Crippen LogP contribution in [0.2, 0.25) is 0 Å². The number of hydrogen-bond donors (Lipinski definition) is 0. The van der Waals surface area contributed by atoms with Gasteiger partial charge in [-0.25, -0.2) is 0 Å². The Balaban J connectivity index is 2.10. The van der Waals surface area contributed by atoms with E-state index in [0.717, 1.165) is 4.24 Å². The number of halogens is 1. The van der Waals surface area contributed by atoms with E-state index in [1.54, 1.807) is 35.3 Å². The van der Waals surface area contributed by atoms with Gasteiger partial charge in [-0.05, 0) is 27.8 Å². The minimum absolute atomic E-state index is 0.367. The topological polar surface area (TPSA) is 17.1 Å². The number of thioether (sulfide) groups is 4. The summed E-state index contributed by atoms with van der Waals surface area (Å²) in [6, 6.07) is 0. The molecule has 0 fully saturated rings. The van der Waals surface area contributed by atoms with Crippen LogP contribution in [0.25, 0.3) is 0 Å². The first-order chi connectivity index (χ1) is 6.27. The summed E-state index contributed by atoms with van der Waals surface area (Å²) in [6.45, 7) is 0. The predicted octanol–water partition coefficient (Wildman–Crippen LogP) is 4.15. The van der Waals surface area contributed by atoms with Gasteiger partial charge in [0.2, 0.25) is 0 Å². The molecule has 0 bridgehead atoms. The van der Waals surface area contributed by atoms with Gasteiger partial charge in [-0.3, -0.25) is 4.79 Å². The van der Waals surface area contributed by atoms with Crippen LogP contribution in [0, 0.1) is 0 Å². The van der Waals surface area contributed by atoms with E-state index in [4.69, 9.17) is 11.6 Å². The lowest BCUT2D eigenvalue weighted by Gasteiger charge is -1.98. The van der Waals surface area contributed by atoms with E-state index in [1.165, 1.54) is 16.0 Å². The van der Waals surface area contributed by atoms with Crippen molar-refractivity contribution in [3.05, 3.63) is 29.6 Å². The quantitative estimate of drug-likeness (QED) is 0.661. The molecule has 2 heterocycles. The lowest BCUT2D eigenvalue weighted by Crippen LogP contribution is -1.82. The average molecular weight is 267 g/mol. The monoisotopic (exact) mass is 266 g/mol. The normalized spacial score (nSPS) is 21.2. The van der Waals surface area contributed by atoms with Crippen LogP contribution in [0.1, 0.15) is 0 Å². The maximum Gasteiger partial charge on any atom is 0.259 e. The SMILES string of the molecule is O=C(Cl)C1=CSC(=C2SC=CS2)S1. The second-order valence-electron chi connectivity index (χ2n) is 2.06.